The van der Waals surface area contributed by atoms with Crippen LogP contribution in [0.4, 0.5) is 18.9 Å². The van der Waals surface area contributed by atoms with E-state index < -0.39 is 18.0 Å². The molecule has 2 aromatic carbocycles. The Balaban J connectivity index is 1.82. The number of rotatable bonds is 7. The summed E-state index contributed by atoms with van der Waals surface area (Å²) in [6, 6.07) is 12.9. The summed E-state index contributed by atoms with van der Waals surface area (Å²) in [7, 11) is 0. The maximum absolute atomic E-state index is 12.3. The van der Waals surface area contributed by atoms with Crippen LogP contribution in [0.2, 0.25) is 0 Å². The summed E-state index contributed by atoms with van der Waals surface area (Å²) in [5.41, 5.74) is 0.967. The second-order valence-corrected chi connectivity index (χ2v) is 5.31. The quantitative estimate of drug-likeness (QED) is 0.735. The molecule has 0 spiro atoms. The van der Waals surface area contributed by atoms with E-state index in [-0.39, 0.29) is 12.1 Å². The van der Waals surface area contributed by atoms with Gasteiger partial charge in [0.25, 0.3) is 0 Å². The number of amides is 1. The summed E-state index contributed by atoms with van der Waals surface area (Å²) in [5, 5.41) is 2.42. The average Bonchev–Trinajstić information content (AvgIpc) is 2.54. The zero-order chi connectivity index (χ0) is 18.3. The summed E-state index contributed by atoms with van der Waals surface area (Å²) in [5.74, 6) is -0.113. The molecule has 0 aromatic heterocycles. The predicted molar refractivity (Wildman–Crippen MR) is 87.7 cm³/mol. The molecule has 0 fully saturated rings. The lowest BCUT2D eigenvalue weighted by molar-refractivity contribution is -0.274. The van der Waals surface area contributed by atoms with Gasteiger partial charge in [-0.2, -0.15) is 0 Å². The van der Waals surface area contributed by atoms with E-state index in [0.717, 1.165) is 17.4 Å². The fraction of sp³-hybridized carbons (Fsp3) is 0.278. The number of benzene rings is 2. The molecule has 0 unspecified atom stereocenters. The van der Waals surface area contributed by atoms with Gasteiger partial charge in [0.05, 0.1) is 12.3 Å². The molecule has 2 aromatic rings. The number of ether oxygens (including phenoxy) is 2. The summed E-state index contributed by atoms with van der Waals surface area (Å²) >= 11 is 0. The molecule has 134 valence electrons. The van der Waals surface area contributed by atoms with E-state index in [0.29, 0.717) is 13.0 Å². The number of halogens is 3. The fourth-order valence-electron chi connectivity index (χ4n) is 2.13. The third-order valence-electron chi connectivity index (χ3n) is 3.29. The van der Waals surface area contributed by atoms with E-state index in [1.165, 1.54) is 18.2 Å². The van der Waals surface area contributed by atoms with Crippen molar-refractivity contribution >= 4 is 11.6 Å². The molecule has 1 amide bonds. The number of carbonyl (C=O) groups is 1. The molecule has 0 aliphatic carbocycles. The van der Waals surface area contributed by atoms with E-state index in [2.05, 4.69) is 10.1 Å². The number of para-hydroxylation sites is 3. The Kier molecular flexibility index (Phi) is 6.27. The zero-order valence-corrected chi connectivity index (χ0v) is 13.6. The second-order valence-electron chi connectivity index (χ2n) is 5.31. The first-order chi connectivity index (χ1) is 11.8. The first-order valence-corrected chi connectivity index (χ1v) is 7.68. The number of alkyl halides is 3. The molecule has 1 N–H and O–H groups in total. The van der Waals surface area contributed by atoms with E-state index in [4.69, 9.17) is 4.74 Å². The molecule has 0 atom stereocenters. The Morgan fingerprint density at radius 2 is 1.68 bits per heavy atom. The number of hydrogen-bond donors (Lipinski definition) is 1. The van der Waals surface area contributed by atoms with Gasteiger partial charge in [0.2, 0.25) is 5.91 Å². The van der Waals surface area contributed by atoms with Gasteiger partial charge in [-0.25, -0.2) is 0 Å². The van der Waals surface area contributed by atoms with Gasteiger partial charge in [-0.3, -0.25) is 4.79 Å². The van der Waals surface area contributed by atoms with Crippen molar-refractivity contribution < 1.29 is 27.4 Å². The van der Waals surface area contributed by atoms with Crippen molar-refractivity contribution in [2.75, 3.05) is 11.9 Å². The maximum atomic E-state index is 12.3. The first-order valence-electron chi connectivity index (χ1n) is 7.68. The minimum absolute atomic E-state index is 0.0235. The molecule has 25 heavy (non-hydrogen) atoms. The minimum Gasteiger partial charge on any atom is -0.493 e. The van der Waals surface area contributed by atoms with Crippen molar-refractivity contribution in [1.29, 1.82) is 0 Å². The molecule has 7 heteroatoms. The van der Waals surface area contributed by atoms with Gasteiger partial charge in [-0.15, -0.1) is 13.2 Å². The van der Waals surface area contributed by atoms with Gasteiger partial charge in [-0.05, 0) is 37.1 Å². The topological polar surface area (TPSA) is 47.6 Å². The van der Waals surface area contributed by atoms with Crippen LogP contribution in [0.25, 0.3) is 0 Å². The number of aryl methyl sites for hydroxylation is 1. The number of hydrogen-bond acceptors (Lipinski definition) is 3. The first kappa shape index (κ1) is 18.6. The summed E-state index contributed by atoms with van der Waals surface area (Å²) in [6.45, 7) is 2.25. The maximum Gasteiger partial charge on any atom is 0.573 e. The Morgan fingerprint density at radius 1 is 1.04 bits per heavy atom. The van der Waals surface area contributed by atoms with Crippen molar-refractivity contribution in [3.63, 3.8) is 0 Å². The van der Waals surface area contributed by atoms with Gasteiger partial charge >= 0.3 is 6.36 Å². The highest BCUT2D eigenvalue weighted by atomic mass is 19.4. The van der Waals surface area contributed by atoms with Crippen LogP contribution < -0.4 is 14.8 Å². The van der Waals surface area contributed by atoms with Crippen LogP contribution in [-0.2, 0) is 4.79 Å². The van der Waals surface area contributed by atoms with Crippen LogP contribution in [0.5, 0.6) is 11.5 Å². The Labute approximate surface area is 143 Å². The highest BCUT2D eigenvalue weighted by Gasteiger charge is 2.32. The largest absolute Gasteiger partial charge is 0.573 e. The van der Waals surface area contributed by atoms with Crippen LogP contribution in [-0.4, -0.2) is 18.9 Å². The van der Waals surface area contributed by atoms with Crippen molar-refractivity contribution in [1.82, 2.24) is 0 Å². The summed E-state index contributed by atoms with van der Waals surface area (Å²) in [6.07, 6.45) is -4.27. The van der Waals surface area contributed by atoms with E-state index >= 15 is 0 Å². The summed E-state index contributed by atoms with van der Waals surface area (Å²) in [4.78, 5) is 11.9. The monoisotopic (exact) mass is 353 g/mol. The Bertz CT molecular complexity index is 717. The highest BCUT2D eigenvalue weighted by Crippen LogP contribution is 2.30. The third kappa shape index (κ3) is 6.37. The standard InChI is InChI=1S/C18H18F3NO3/c1-13-7-2-4-9-15(13)24-12-6-11-17(23)22-14-8-3-5-10-16(14)25-18(19,20)21/h2-5,7-10H,6,11-12H2,1H3,(H,22,23). The van der Waals surface area contributed by atoms with Crippen molar-refractivity contribution in [2.45, 2.75) is 26.1 Å². The van der Waals surface area contributed by atoms with Crippen molar-refractivity contribution in [3.05, 3.63) is 54.1 Å². The van der Waals surface area contributed by atoms with Gasteiger partial charge in [0.15, 0.2) is 5.75 Å². The molecule has 2 rings (SSSR count). The third-order valence-corrected chi connectivity index (χ3v) is 3.29. The smallest absolute Gasteiger partial charge is 0.493 e. The van der Waals surface area contributed by atoms with E-state index in [9.17, 15) is 18.0 Å². The fourth-order valence-corrected chi connectivity index (χ4v) is 2.13. The molecule has 4 nitrogen and oxygen atoms in total. The molecule has 0 aliphatic heterocycles. The van der Waals surface area contributed by atoms with E-state index in [1.54, 1.807) is 0 Å². The van der Waals surface area contributed by atoms with Crippen molar-refractivity contribution in [2.24, 2.45) is 0 Å². The second kappa shape index (κ2) is 8.41. The molecule has 0 saturated carbocycles. The molecular formula is C18H18F3NO3. The van der Waals surface area contributed by atoms with Crippen LogP contribution in [0.1, 0.15) is 18.4 Å². The van der Waals surface area contributed by atoms with Gasteiger partial charge in [0, 0.05) is 6.42 Å². The lowest BCUT2D eigenvalue weighted by Gasteiger charge is -2.14. The summed E-state index contributed by atoms with van der Waals surface area (Å²) < 4.78 is 46.5. The Hall–Kier alpha value is -2.70. The molecule has 0 aliphatic rings. The normalized spacial score (nSPS) is 11.0. The van der Waals surface area contributed by atoms with Gasteiger partial charge in [0.1, 0.15) is 5.75 Å². The SMILES string of the molecule is Cc1ccccc1OCCCC(=O)Nc1ccccc1OC(F)(F)F. The molecule has 0 radical (unpaired) electrons. The average molecular weight is 353 g/mol. The van der Waals surface area contributed by atoms with Gasteiger partial charge in [-0.1, -0.05) is 30.3 Å². The number of anilines is 1. The van der Waals surface area contributed by atoms with Crippen LogP contribution in [0.15, 0.2) is 48.5 Å². The van der Waals surface area contributed by atoms with E-state index in [1.807, 2.05) is 31.2 Å². The highest BCUT2D eigenvalue weighted by molar-refractivity contribution is 5.92. The molecule has 0 saturated heterocycles. The zero-order valence-electron chi connectivity index (χ0n) is 13.6. The molecule has 0 bridgehead atoms. The lowest BCUT2D eigenvalue weighted by atomic mass is 10.2. The Morgan fingerprint density at radius 3 is 2.36 bits per heavy atom. The van der Waals surface area contributed by atoms with Crippen LogP contribution >= 0.6 is 0 Å². The molecular weight excluding hydrogens is 335 g/mol. The number of carbonyl (C=O) groups excluding carboxylic acids is 1. The van der Waals surface area contributed by atoms with Crippen LogP contribution in [0, 0.1) is 6.92 Å². The lowest BCUT2D eigenvalue weighted by Crippen LogP contribution is -2.19. The van der Waals surface area contributed by atoms with Gasteiger partial charge < -0.3 is 14.8 Å². The van der Waals surface area contributed by atoms with Crippen molar-refractivity contribution in [3.8, 4) is 11.5 Å². The predicted octanol–water partition coefficient (Wildman–Crippen LogP) is 4.69. The van der Waals surface area contributed by atoms with Crippen LogP contribution in [0.3, 0.4) is 0 Å². The molecule has 0 heterocycles. The minimum atomic E-state index is -4.82. The number of nitrogens with one attached hydrogen (secondary N) is 1.